The second kappa shape index (κ2) is 5.18. The van der Waals surface area contributed by atoms with E-state index >= 15 is 0 Å². The van der Waals surface area contributed by atoms with Gasteiger partial charge >= 0.3 is 0 Å². The van der Waals surface area contributed by atoms with E-state index < -0.39 is 5.60 Å². The van der Waals surface area contributed by atoms with E-state index in [2.05, 4.69) is 21.4 Å². The zero-order valence-corrected chi connectivity index (χ0v) is 11.9. The number of nitrogens with one attached hydrogen (secondary N) is 1. The van der Waals surface area contributed by atoms with Gasteiger partial charge in [-0.3, -0.25) is 10.1 Å². The van der Waals surface area contributed by atoms with Crippen molar-refractivity contribution in [3.63, 3.8) is 0 Å². The lowest BCUT2D eigenvalue weighted by Crippen LogP contribution is -2.21. The van der Waals surface area contributed by atoms with Crippen LogP contribution in [0.25, 0.3) is 10.9 Å². The van der Waals surface area contributed by atoms with Gasteiger partial charge in [0, 0.05) is 24.1 Å². The number of aromatic nitrogens is 3. The van der Waals surface area contributed by atoms with E-state index in [1.165, 1.54) is 0 Å². The number of H-pyrrole nitrogens is 1. The average molecular weight is 282 g/mol. The van der Waals surface area contributed by atoms with E-state index in [9.17, 15) is 5.11 Å². The Labute approximate surface area is 122 Å². The van der Waals surface area contributed by atoms with Crippen LogP contribution in [-0.2, 0) is 6.42 Å². The monoisotopic (exact) mass is 282 g/mol. The lowest BCUT2D eigenvalue weighted by Gasteiger charge is -2.18. The SMILES string of the molecule is CC(C)(O)Cc1cc(Oc2cccnc2)cc2[nH]n[c]c12. The number of aliphatic hydroxyl groups is 1. The zero-order valence-electron chi connectivity index (χ0n) is 11.9. The number of hydrogen-bond donors (Lipinski definition) is 2. The van der Waals surface area contributed by atoms with Crippen LogP contribution in [0.4, 0.5) is 0 Å². The first-order valence-electron chi connectivity index (χ1n) is 6.70. The number of pyridine rings is 1. The Kier molecular flexibility index (Phi) is 3.35. The maximum atomic E-state index is 10.1. The maximum Gasteiger partial charge on any atom is 0.145 e. The van der Waals surface area contributed by atoms with Crippen molar-refractivity contribution in [2.45, 2.75) is 25.9 Å². The Balaban J connectivity index is 2.00. The van der Waals surface area contributed by atoms with Gasteiger partial charge in [0.2, 0.25) is 0 Å². The Morgan fingerprint density at radius 2 is 2.19 bits per heavy atom. The van der Waals surface area contributed by atoms with Crippen LogP contribution in [0.3, 0.4) is 0 Å². The first kappa shape index (κ1) is 13.6. The summed E-state index contributed by atoms with van der Waals surface area (Å²) >= 11 is 0. The lowest BCUT2D eigenvalue weighted by molar-refractivity contribution is 0.0813. The first-order chi connectivity index (χ1) is 10.0. The number of aromatic amines is 1. The Morgan fingerprint density at radius 3 is 2.90 bits per heavy atom. The molecule has 21 heavy (non-hydrogen) atoms. The minimum Gasteiger partial charge on any atom is -0.456 e. The molecule has 107 valence electrons. The summed E-state index contributed by atoms with van der Waals surface area (Å²) < 4.78 is 5.81. The normalized spacial score (nSPS) is 11.8. The van der Waals surface area contributed by atoms with E-state index in [4.69, 9.17) is 4.74 Å². The summed E-state index contributed by atoms with van der Waals surface area (Å²) in [5.41, 5.74) is 0.952. The molecule has 0 aliphatic heterocycles. The minimum atomic E-state index is -0.815. The Morgan fingerprint density at radius 1 is 1.33 bits per heavy atom. The number of fused-ring (bicyclic) bond motifs is 1. The van der Waals surface area contributed by atoms with Crippen LogP contribution in [0.2, 0.25) is 0 Å². The van der Waals surface area contributed by atoms with E-state index in [0.717, 1.165) is 16.5 Å². The first-order valence-corrected chi connectivity index (χ1v) is 6.70. The number of benzene rings is 1. The highest BCUT2D eigenvalue weighted by Crippen LogP contribution is 2.29. The Hall–Kier alpha value is -2.40. The molecule has 2 N–H and O–H groups in total. The van der Waals surface area contributed by atoms with Crippen molar-refractivity contribution in [3.8, 4) is 11.5 Å². The highest BCUT2D eigenvalue weighted by atomic mass is 16.5. The summed E-state index contributed by atoms with van der Waals surface area (Å²) in [5, 5.41) is 17.8. The minimum absolute atomic E-state index is 0.490. The average Bonchev–Trinajstić information content (AvgIpc) is 2.86. The van der Waals surface area contributed by atoms with Gasteiger partial charge in [0.1, 0.15) is 17.7 Å². The number of ether oxygens (including phenoxy) is 1. The molecule has 5 heteroatoms. The molecule has 0 amide bonds. The lowest BCUT2D eigenvalue weighted by atomic mass is 9.96. The molecule has 3 rings (SSSR count). The molecule has 3 aromatic rings. The smallest absolute Gasteiger partial charge is 0.145 e. The summed E-state index contributed by atoms with van der Waals surface area (Å²) in [5.74, 6) is 1.34. The van der Waals surface area contributed by atoms with Gasteiger partial charge in [-0.25, -0.2) is 0 Å². The maximum absolute atomic E-state index is 10.1. The molecule has 0 aliphatic rings. The highest BCUT2D eigenvalue weighted by Gasteiger charge is 2.17. The van der Waals surface area contributed by atoms with Gasteiger partial charge in [0.15, 0.2) is 0 Å². The molecule has 2 heterocycles. The summed E-state index contributed by atoms with van der Waals surface area (Å²) in [6.45, 7) is 3.54. The molecular weight excluding hydrogens is 266 g/mol. The van der Waals surface area contributed by atoms with Gasteiger partial charge in [-0.05, 0) is 37.6 Å². The van der Waals surface area contributed by atoms with Crippen molar-refractivity contribution in [1.82, 2.24) is 15.2 Å². The summed E-state index contributed by atoms with van der Waals surface area (Å²) in [6.07, 6.45) is 6.75. The van der Waals surface area contributed by atoms with E-state index in [-0.39, 0.29) is 0 Å². The van der Waals surface area contributed by atoms with E-state index in [1.54, 1.807) is 26.2 Å². The van der Waals surface area contributed by atoms with Crippen LogP contribution in [0.5, 0.6) is 11.5 Å². The molecule has 0 saturated heterocycles. The summed E-state index contributed by atoms with van der Waals surface area (Å²) in [6, 6.07) is 7.42. The highest BCUT2D eigenvalue weighted by molar-refractivity contribution is 5.83. The topological polar surface area (TPSA) is 71.0 Å². The number of rotatable bonds is 4. The van der Waals surface area contributed by atoms with Crippen molar-refractivity contribution in [3.05, 3.63) is 48.4 Å². The molecule has 0 bridgehead atoms. The molecular formula is C16H16N3O2. The summed E-state index contributed by atoms with van der Waals surface area (Å²) in [4.78, 5) is 4.02. The molecule has 1 aromatic carbocycles. The van der Waals surface area contributed by atoms with E-state index in [1.807, 2.05) is 24.3 Å². The van der Waals surface area contributed by atoms with Crippen LogP contribution >= 0.6 is 0 Å². The molecule has 2 aromatic heterocycles. The molecule has 1 radical (unpaired) electrons. The third-order valence-corrected chi connectivity index (χ3v) is 3.03. The van der Waals surface area contributed by atoms with Crippen LogP contribution in [0, 0.1) is 6.20 Å². The number of hydrogen-bond acceptors (Lipinski definition) is 4. The Bertz CT molecular complexity index is 745. The molecule has 0 unspecified atom stereocenters. The fraction of sp³-hybridized carbons (Fsp3) is 0.250. The second-order valence-electron chi connectivity index (χ2n) is 5.62. The molecule has 0 aliphatic carbocycles. The predicted octanol–water partition coefficient (Wildman–Crippen LogP) is 2.86. The van der Waals surface area contributed by atoms with Gasteiger partial charge in [-0.2, -0.15) is 5.10 Å². The predicted molar refractivity (Wildman–Crippen MR) is 79.2 cm³/mol. The van der Waals surface area contributed by atoms with Gasteiger partial charge in [0.05, 0.1) is 17.3 Å². The zero-order chi connectivity index (χ0) is 14.9. The van der Waals surface area contributed by atoms with Gasteiger partial charge in [0.25, 0.3) is 0 Å². The third kappa shape index (κ3) is 3.20. The van der Waals surface area contributed by atoms with Crippen LogP contribution in [0.15, 0.2) is 36.7 Å². The number of nitrogens with zero attached hydrogens (tertiary/aromatic N) is 2. The van der Waals surface area contributed by atoms with Gasteiger partial charge in [-0.1, -0.05) is 0 Å². The fourth-order valence-corrected chi connectivity index (χ4v) is 2.25. The molecule has 5 nitrogen and oxygen atoms in total. The molecule has 0 atom stereocenters. The van der Waals surface area contributed by atoms with Crippen molar-refractivity contribution in [2.75, 3.05) is 0 Å². The van der Waals surface area contributed by atoms with Crippen molar-refractivity contribution in [2.24, 2.45) is 0 Å². The van der Waals surface area contributed by atoms with Crippen LogP contribution in [-0.4, -0.2) is 25.9 Å². The second-order valence-corrected chi connectivity index (χ2v) is 5.62. The third-order valence-electron chi connectivity index (χ3n) is 3.03. The molecule has 0 spiro atoms. The summed E-state index contributed by atoms with van der Waals surface area (Å²) in [7, 11) is 0. The van der Waals surface area contributed by atoms with Crippen LogP contribution in [0.1, 0.15) is 19.4 Å². The largest absolute Gasteiger partial charge is 0.456 e. The van der Waals surface area contributed by atoms with Gasteiger partial charge < -0.3 is 9.84 Å². The van der Waals surface area contributed by atoms with Crippen molar-refractivity contribution < 1.29 is 9.84 Å². The molecule has 0 fully saturated rings. The van der Waals surface area contributed by atoms with Crippen molar-refractivity contribution in [1.29, 1.82) is 0 Å². The quantitative estimate of drug-likeness (QED) is 0.772. The standard InChI is InChI=1S/C16H16N3O2/c1-16(2,20)8-11-6-13(7-15-14(11)10-18-19-15)21-12-4-3-5-17-9-12/h3-7,9,20H,8H2,1-2H3,(H,18,19). The molecule has 0 saturated carbocycles. The van der Waals surface area contributed by atoms with Crippen LogP contribution < -0.4 is 4.74 Å². The van der Waals surface area contributed by atoms with Gasteiger partial charge in [-0.15, -0.1) is 0 Å². The van der Waals surface area contributed by atoms with Crippen molar-refractivity contribution >= 4 is 10.9 Å². The van der Waals surface area contributed by atoms with E-state index in [0.29, 0.717) is 17.9 Å². The fourth-order valence-electron chi connectivity index (χ4n) is 2.25.